The second-order valence-electron chi connectivity index (χ2n) is 5.28. The van der Waals surface area contributed by atoms with Gasteiger partial charge in [-0.25, -0.2) is 4.39 Å². The summed E-state index contributed by atoms with van der Waals surface area (Å²) in [6.45, 7) is 0.411. The van der Waals surface area contributed by atoms with E-state index in [0.29, 0.717) is 19.4 Å². The van der Waals surface area contributed by atoms with Crippen LogP contribution in [0.2, 0.25) is 0 Å². The van der Waals surface area contributed by atoms with Crippen molar-refractivity contribution in [3.05, 3.63) is 30.1 Å². The third-order valence-electron chi connectivity index (χ3n) is 3.70. The lowest BCUT2D eigenvalue weighted by Gasteiger charge is -2.32. The van der Waals surface area contributed by atoms with Gasteiger partial charge in [0.05, 0.1) is 19.2 Å². The van der Waals surface area contributed by atoms with E-state index in [1.54, 1.807) is 12.1 Å². The quantitative estimate of drug-likeness (QED) is 0.831. The van der Waals surface area contributed by atoms with Crippen molar-refractivity contribution in [1.29, 1.82) is 0 Å². The van der Waals surface area contributed by atoms with E-state index < -0.39 is 23.7 Å². The summed E-state index contributed by atoms with van der Waals surface area (Å²) < 4.78 is 18.3. The number of hydrogen-bond donors (Lipinski definition) is 1. The first-order valence-electron chi connectivity index (χ1n) is 7.45. The smallest absolute Gasteiger partial charge is 0.306 e. The summed E-state index contributed by atoms with van der Waals surface area (Å²) >= 11 is 0. The van der Waals surface area contributed by atoms with Crippen LogP contribution in [0.5, 0.6) is 0 Å². The van der Waals surface area contributed by atoms with E-state index in [-0.39, 0.29) is 24.4 Å². The molecule has 1 aromatic carbocycles. The topological polar surface area (TPSA) is 75.7 Å². The summed E-state index contributed by atoms with van der Waals surface area (Å²) in [6, 6.07) is 5.34. The molecule has 2 rings (SSSR count). The molecule has 0 radical (unpaired) electrons. The largest absolute Gasteiger partial charge is 0.469 e. The molecule has 0 aliphatic carbocycles. The van der Waals surface area contributed by atoms with Crippen LogP contribution >= 0.6 is 0 Å². The number of nitrogens with zero attached hydrogens (tertiary/aromatic N) is 1. The minimum Gasteiger partial charge on any atom is -0.469 e. The predicted octanol–water partition coefficient (Wildman–Crippen LogP) is 1.39. The van der Waals surface area contributed by atoms with Gasteiger partial charge in [-0.15, -0.1) is 0 Å². The van der Waals surface area contributed by atoms with Crippen LogP contribution in [0.3, 0.4) is 0 Å². The van der Waals surface area contributed by atoms with Gasteiger partial charge >= 0.3 is 5.97 Å². The maximum absolute atomic E-state index is 13.9. The molecule has 23 heavy (non-hydrogen) atoms. The summed E-state index contributed by atoms with van der Waals surface area (Å²) in [4.78, 5) is 36.7. The summed E-state index contributed by atoms with van der Waals surface area (Å²) in [5.74, 6) is -1.70. The van der Waals surface area contributed by atoms with E-state index in [1.165, 1.54) is 24.1 Å². The van der Waals surface area contributed by atoms with Crippen LogP contribution in [0, 0.1) is 5.82 Å². The first-order chi connectivity index (χ1) is 11.0. The van der Waals surface area contributed by atoms with Gasteiger partial charge in [0.15, 0.2) is 0 Å². The molecule has 0 spiro atoms. The van der Waals surface area contributed by atoms with Crippen LogP contribution in [-0.4, -0.2) is 37.5 Å². The minimum absolute atomic E-state index is 0.0414. The number of hydrogen-bond acceptors (Lipinski definition) is 4. The monoisotopic (exact) mass is 322 g/mol. The van der Waals surface area contributed by atoms with E-state index in [2.05, 4.69) is 10.1 Å². The Kier molecular flexibility index (Phi) is 5.67. The van der Waals surface area contributed by atoms with Crippen molar-refractivity contribution < 1.29 is 23.5 Å². The van der Waals surface area contributed by atoms with Gasteiger partial charge in [0.1, 0.15) is 11.9 Å². The Morgan fingerprint density at radius 1 is 1.35 bits per heavy atom. The van der Waals surface area contributed by atoms with Crippen LogP contribution in [0.15, 0.2) is 24.3 Å². The zero-order chi connectivity index (χ0) is 16.8. The highest BCUT2D eigenvalue weighted by molar-refractivity contribution is 6.00. The lowest BCUT2D eigenvalue weighted by molar-refractivity contribution is -0.142. The highest BCUT2D eigenvalue weighted by Gasteiger charge is 2.31. The first-order valence-corrected chi connectivity index (χ1v) is 7.45. The Labute approximate surface area is 133 Å². The number of halogens is 1. The van der Waals surface area contributed by atoms with Gasteiger partial charge in [0.2, 0.25) is 11.8 Å². The number of benzene rings is 1. The molecule has 0 saturated carbocycles. The van der Waals surface area contributed by atoms with Crippen LogP contribution in [0.1, 0.15) is 25.7 Å². The highest BCUT2D eigenvalue weighted by Crippen LogP contribution is 2.23. The van der Waals surface area contributed by atoms with Crippen LogP contribution in [0.4, 0.5) is 10.1 Å². The van der Waals surface area contributed by atoms with Gasteiger partial charge in [0.25, 0.3) is 0 Å². The standard InChI is InChI=1S/C16H19FN2O4/c1-23-15(21)9-8-14(20)18-12-6-4-10-19(16(12)22)13-7-3-2-5-11(13)17/h2-3,5,7,12H,4,6,8-10H2,1H3,(H,18,20)/t12-/m0/s1. The molecule has 124 valence electrons. The Morgan fingerprint density at radius 2 is 2.09 bits per heavy atom. The number of anilines is 1. The number of rotatable bonds is 5. The Hall–Kier alpha value is -2.44. The summed E-state index contributed by atoms with van der Waals surface area (Å²) in [5.41, 5.74) is 0.214. The predicted molar refractivity (Wildman–Crippen MR) is 81.2 cm³/mol. The van der Waals surface area contributed by atoms with Gasteiger partial charge in [-0.1, -0.05) is 12.1 Å². The van der Waals surface area contributed by atoms with Crippen molar-refractivity contribution in [2.75, 3.05) is 18.6 Å². The van der Waals surface area contributed by atoms with Crippen LogP contribution in [0.25, 0.3) is 0 Å². The second kappa shape index (κ2) is 7.71. The number of carbonyl (C=O) groups excluding carboxylic acids is 3. The van der Waals surface area contributed by atoms with Crippen LogP contribution < -0.4 is 10.2 Å². The Bertz CT molecular complexity index is 605. The lowest BCUT2D eigenvalue weighted by Crippen LogP contribution is -2.52. The van der Waals surface area contributed by atoms with E-state index in [9.17, 15) is 18.8 Å². The van der Waals surface area contributed by atoms with Crippen molar-refractivity contribution in [2.45, 2.75) is 31.7 Å². The second-order valence-corrected chi connectivity index (χ2v) is 5.28. The third-order valence-corrected chi connectivity index (χ3v) is 3.70. The van der Waals surface area contributed by atoms with Crippen molar-refractivity contribution in [3.63, 3.8) is 0 Å². The average molecular weight is 322 g/mol. The zero-order valence-corrected chi connectivity index (χ0v) is 12.9. The molecular weight excluding hydrogens is 303 g/mol. The Balaban J connectivity index is 1.98. The fraction of sp³-hybridized carbons (Fsp3) is 0.438. The summed E-state index contributed by atoms with van der Waals surface area (Å²) in [5, 5.41) is 2.61. The van der Waals surface area contributed by atoms with Crippen molar-refractivity contribution in [1.82, 2.24) is 5.32 Å². The summed E-state index contributed by atoms with van der Waals surface area (Å²) in [6.07, 6.45) is 1.06. The fourth-order valence-corrected chi connectivity index (χ4v) is 2.50. The molecular formula is C16H19FN2O4. The molecule has 1 heterocycles. The molecule has 1 saturated heterocycles. The van der Waals surface area contributed by atoms with Crippen molar-refractivity contribution in [2.24, 2.45) is 0 Å². The molecule has 0 bridgehead atoms. The SMILES string of the molecule is COC(=O)CCC(=O)N[C@H]1CCCN(c2ccccc2F)C1=O. The molecule has 1 aromatic rings. The first kappa shape index (κ1) is 16.9. The fourth-order valence-electron chi connectivity index (χ4n) is 2.50. The van der Waals surface area contributed by atoms with Gasteiger partial charge in [-0.05, 0) is 25.0 Å². The van der Waals surface area contributed by atoms with Crippen molar-refractivity contribution >= 4 is 23.5 Å². The molecule has 1 fully saturated rings. The molecule has 1 N–H and O–H groups in total. The number of ether oxygens (including phenoxy) is 1. The molecule has 1 aliphatic heterocycles. The molecule has 0 aromatic heterocycles. The molecule has 7 heteroatoms. The average Bonchev–Trinajstić information content (AvgIpc) is 2.55. The summed E-state index contributed by atoms with van der Waals surface area (Å²) in [7, 11) is 1.25. The molecule has 0 unspecified atom stereocenters. The zero-order valence-electron chi connectivity index (χ0n) is 12.9. The number of methoxy groups -OCH3 is 1. The maximum Gasteiger partial charge on any atom is 0.306 e. The maximum atomic E-state index is 13.9. The van der Waals surface area contributed by atoms with Crippen LogP contribution in [-0.2, 0) is 19.1 Å². The Morgan fingerprint density at radius 3 is 2.78 bits per heavy atom. The van der Waals surface area contributed by atoms with E-state index in [1.807, 2.05) is 0 Å². The van der Waals surface area contributed by atoms with Gasteiger partial charge in [-0.3, -0.25) is 14.4 Å². The number of piperidine rings is 1. The van der Waals surface area contributed by atoms with E-state index >= 15 is 0 Å². The molecule has 1 aliphatic rings. The minimum atomic E-state index is -0.700. The number of nitrogens with one attached hydrogen (secondary N) is 1. The molecule has 1 atom stereocenters. The van der Waals surface area contributed by atoms with Gasteiger partial charge in [-0.2, -0.15) is 0 Å². The van der Waals surface area contributed by atoms with Crippen molar-refractivity contribution in [3.8, 4) is 0 Å². The van der Waals surface area contributed by atoms with Gasteiger partial charge < -0.3 is 15.0 Å². The highest BCUT2D eigenvalue weighted by atomic mass is 19.1. The van der Waals surface area contributed by atoms with E-state index in [4.69, 9.17) is 0 Å². The normalized spacial score (nSPS) is 17.7. The number of amides is 2. The molecule has 2 amide bonds. The number of carbonyl (C=O) groups is 3. The number of para-hydroxylation sites is 1. The lowest BCUT2D eigenvalue weighted by atomic mass is 10.0. The molecule has 6 nitrogen and oxygen atoms in total. The number of esters is 1. The third kappa shape index (κ3) is 4.28. The van der Waals surface area contributed by atoms with Gasteiger partial charge in [0, 0.05) is 13.0 Å². The van der Waals surface area contributed by atoms with E-state index in [0.717, 1.165) is 0 Å².